The zero-order chi connectivity index (χ0) is 18.9. The van der Waals surface area contributed by atoms with Crippen molar-refractivity contribution < 1.29 is 19.0 Å². The summed E-state index contributed by atoms with van der Waals surface area (Å²) in [4.78, 5) is 15.9. The summed E-state index contributed by atoms with van der Waals surface area (Å²) in [6, 6.07) is 4.01. The largest absolute Gasteiger partial charge is 0.493 e. The Hall–Kier alpha value is -2.64. The van der Waals surface area contributed by atoms with Crippen LogP contribution in [0.25, 0.3) is 0 Å². The van der Waals surface area contributed by atoms with Gasteiger partial charge in [0, 0.05) is 43.9 Å². The maximum Gasteiger partial charge on any atom is 0.220 e. The van der Waals surface area contributed by atoms with E-state index in [0.717, 1.165) is 24.9 Å². The van der Waals surface area contributed by atoms with Gasteiger partial charge in [-0.1, -0.05) is 0 Å². The van der Waals surface area contributed by atoms with E-state index in [-0.39, 0.29) is 5.91 Å². The molecular weight excluding hydrogens is 336 g/mol. The van der Waals surface area contributed by atoms with E-state index in [1.165, 1.54) is 0 Å². The number of guanidine groups is 1. The number of ether oxygens (including phenoxy) is 3. The maximum atomic E-state index is 11.7. The number of anilines is 1. The van der Waals surface area contributed by atoms with Crippen LogP contribution in [-0.4, -0.2) is 52.8 Å². The maximum absolute atomic E-state index is 11.7. The molecule has 0 aliphatic heterocycles. The lowest BCUT2D eigenvalue weighted by Crippen LogP contribution is -2.32. The van der Waals surface area contributed by atoms with Crippen molar-refractivity contribution in [3.05, 3.63) is 12.1 Å². The molecule has 144 valence electrons. The van der Waals surface area contributed by atoms with Gasteiger partial charge in [-0.2, -0.15) is 0 Å². The highest BCUT2D eigenvalue weighted by Gasteiger charge is 2.22. The van der Waals surface area contributed by atoms with Gasteiger partial charge in [-0.05, 0) is 19.3 Å². The van der Waals surface area contributed by atoms with Gasteiger partial charge in [0.05, 0.1) is 21.3 Å². The molecule has 0 aromatic heterocycles. The molecule has 0 heterocycles. The van der Waals surface area contributed by atoms with Crippen molar-refractivity contribution in [3.63, 3.8) is 0 Å². The van der Waals surface area contributed by atoms with Crippen LogP contribution in [0.5, 0.6) is 17.2 Å². The van der Waals surface area contributed by atoms with E-state index in [2.05, 4.69) is 20.9 Å². The van der Waals surface area contributed by atoms with Gasteiger partial charge in [0.1, 0.15) is 0 Å². The molecule has 8 nitrogen and oxygen atoms in total. The fraction of sp³-hybridized carbons (Fsp3) is 0.556. The van der Waals surface area contributed by atoms with Crippen LogP contribution in [0, 0.1) is 0 Å². The Kier molecular flexibility index (Phi) is 7.37. The Morgan fingerprint density at radius 2 is 1.81 bits per heavy atom. The molecule has 1 amide bonds. The molecule has 0 unspecified atom stereocenters. The van der Waals surface area contributed by atoms with Crippen molar-refractivity contribution in [1.82, 2.24) is 10.6 Å². The van der Waals surface area contributed by atoms with Gasteiger partial charge in [-0.15, -0.1) is 0 Å². The number of benzene rings is 1. The Morgan fingerprint density at radius 3 is 2.31 bits per heavy atom. The molecule has 1 saturated carbocycles. The summed E-state index contributed by atoms with van der Waals surface area (Å²) in [5.41, 5.74) is 0.749. The van der Waals surface area contributed by atoms with Crippen LogP contribution in [0.3, 0.4) is 0 Å². The summed E-state index contributed by atoms with van der Waals surface area (Å²) in [5.74, 6) is 2.36. The molecule has 1 aromatic rings. The van der Waals surface area contributed by atoms with Gasteiger partial charge in [0.15, 0.2) is 17.5 Å². The Balaban J connectivity index is 1.87. The van der Waals surface area contributed by atoms with Crippen molar-refractivity contribution in [2.75, 3.05) is 40.2 Å². The van der Waals surface area contributed by atoms with Gasteiger partial charge < -0.3 is 30.2 Å². The quantitative estimate of drug-likeness (QED) is 0.351. The highest BCUT2D eigenvalue weighted by Crippen LogP contribution is 2.39. The Labute approximate surface area is 154 Å². The third-order valence-electron chi connectivity index (χ3n) is 3.97. The lowest BCUT2D eigenvalue weighted by atomic mass is 10.2. The molecule has 0 spiro atoms. The van der Waals surface area contributed by atoms with Gasteiger partial charge >= 0.3 is 0 Å². The first-order chi connectivity index (χ1) is 12.6. The van der Waals surface area contributed by atoms with Gasteiger partial charge in [-0.25, -0.2) is 0 Å². The number of nitrogens with one attached hydrogen (secondary N) is 3. The number of carbonyl (C=O) groups excluding carboxylic acids is 1. The first kappa shape index (κ1) is 19.7. The summed E-state index contributed by atoms with van der Waals surface area (Å²) in [7, 11) is 6.39. The van der Waals surface area contributed by atoms with Crippen molar-refractivity contribution in [1.29, 1.82) is 0 Å². The topological polar surface area (TPSA) is 93.2 Å². The molecule has 26 heavy (non-hydrogen) atoms. The minimum Gasteiger partial charge on any atom is -0.493 e. The zero-order valence-corrected chi connectivity index (χ0v) is 15.8. The van der Waals surface area contributed by atoms with Crippen LogP contribution in [0.1, 0.15) is 25.7 Å². The van der Waals surface area contributed by atoms with E-state index in [1.54, 1.807) is 40.5 Å². The lowest BCUT2D eigenvalue weighted by Gasteiger charge is -2.16. The van der Waals surface area contributed by atoms with E-state index < -0.39 is 0 Å². The minimum atomic E-state index is 0.113. The summed E-state index contributed by atoms with van der Waals surface area (Å²) >= 11 is 0. The molecule has 3 N–H and O–H groups in total. The summed E-state index contributed by atoms with van der Waals surface area (Å²) < 4.78 is 16.0. The number of aliphatic imine (C=N–C) groups is 1. The fourth-order valence-corrected chi connectivity index (χ4v) is 2.45. The molecule has 8 heteroatoms. The molecule has 0 saturated heterocycles. The monoisotopic (exact) mass is 364 g/mol. The second kappa shape index (κ2) is 9.74. The summed E-state index contributed by atoms with van der Waals surface area (Å²) in [6.45, 7) is 0.641. The second-order valence-electron chi connectivity index (χ2n) is 5.98. The van der Waals surface area contributed by atoms with E-state index in [9.17, 15) is 4.79 Å². The number of hydrogen-bond acceptors (Lipinski definition) is 5. The van der Waals surface area contributed by atoms with Gasteiger partial charge in [0.2, 0.25) is 11.7 Å². The smallest absolute Gasteiger partial charge is 0.220 e. The molecule has 1 aliphatic carbocycles. The van der Waals surface area contributed by atoms with Crippen molar-refractivity contribution in [2.45, 2.75) is 31.7 Å². The average Bonchev–Trinajstić information content (AvgIpc) is 3.46. The molecule has 1 fully saturated rings. The van der Waals surface area contributed by atoms with Crippen molar-refractivity contribution in [3.8, 4) is 17.2 Å². The molecule has 2 rings (SSSR count). The third kappa shape index (κ3) is 5.72. The number of nitrogens with zero attached hydrogens (tertiary/aromatic N) is 1. The SMILES string of the molecule is CN=C(NCCCC(=O)NC1CC1)Nc1cc(OC)c(OC)c(OC)c1. The average molecular weight is 364 g/mol. The van der Waals surface area contributed by atoms with Gasteiger partial charge in [0.25, 0.3) is 0 Å². The van der Waals surface area contributed by atoms with Crippen molar-refractivity contribution in [2.24, 2.45) is 4.99 Å². The van der Waals surface area contributed by atoms with E-state index in [4.69, 9.17) is 14.2 Å². The van der Waals surface area contributed by atoms with Crippen LogP contribution < -0.4 is 30.2 Å². The fourth-order valence-electron chi connectivity index (χ4n) is 2.45. The second-order valence-corrected chi connectivity index (χ2v) is 5.98. The Bertz CT molecular complexity index is 619. The third-order valence-corrected chi connectivity index (χ3v) is 3.97. The molecule has 1 aromatic carbocycles. The van der Waals surface area contributed by atoms with E-state index in [0.29, 0.717) is 42.2 Å². The first-order valence-corrected chi connectivity index (χ1v) is 8.68. The summed E-state index contributed by atoms with van der Waals surface area (Å²) in [5, 5.41) is 9.35. The van der Waals surface area contributed by atoms with Crippen LogP contribution in [0.4, 0.5) is 5.69 Å². The highest BCUT2D eigenvalue weighted by atomic mass is 16.5. The van der Waals surface area contributed by atoms with Gasteiger partial charge in [-0.3, -0.25) is 9.79 Å². The molecule has 1 aliphatic rings. The number of amides is 1. The zero-order valence-electron chi connectivity index (χ0n) is 15.8. The Morgan fingerprint density at radius 1 is 1.15 bits per heavy atom. The van der Waals surface area contributed by atoms with Crippen LogP contribution in [-0.2, 0) is 4.79 Å². The number of rotatable bonds is 9. The predicted octanol–water partition coefficient (Wildman–Crippen LogP) is 1.76. The minimum absolute atomic E-state index is 0.113. The predicted molar refractivity (Wildman–Crippen MR) is 101 cm³/mol. The molecule has 0 bridgehead atoms. The van der Waals surface area contributed by atoms with Crippen LogP contribution in [0.15, 0.2) is 17.1 Å². The first-order valence-electron chi connectivity index (χ1n) is 8.68. The van der Waals surface area contributed by atoms with Crippen molar-refractivity contribution >= 4 is 17.6 Å². The van der Waals surface area contributed by atoms with Crippen LogP contribution >= 0.6 is 0 Å². The molecular formula is C18H28N4O4. The number of hydrogen-bond donors (Lipinski definition) is 3. The number of carbonyl (C=O) groups is 1. The highest BCUT2D eigenvalue weighted by molar-refractivity contribution is 5.94. The van der Waals surface area contributed by atoms with Crippen LogP contribution in [0.2, 0.25) is 0 Å². The normalized spacial score (nSPS) is 13.8. The summed E-state index contributed by atoms with van der Waals surface area (Å²) in [6.07, 6.45) is 3.45. The van der Waals surface area contributed by atoms with E-state index in [1.807, 2.05) is 0 Å². The standard InChI is InChI=1S/C18H28N4O4/c1-19-18(20-9-5-6-16(23)21-12-7-8-12)22-13-10-14(24-2)17(26-4)15(11-13)25-3/h10-12H,5-9H2,1-4H3,(H,21,23)(H2,19,20,22). The van der Waals surface area contributed by atoms with E-state index >= 15 is 0 Å². The lowest BCUT2D eigenvalue weighted by molar-refractivity contribution is -0.121. The molecule has 0 radical (unpaired) electrons. The number of methoxy groups -OCH3 is 3. The molecule has 0 atom stereocenters.